The molecule has 1 amide bonds. The van der Waals surface area contributed by atoms with E-state index in [4.69, 9.17) is 17.0 Å². The van der Waals surface area contributed by atoms with Gasteiger partial charge in [0.1, 0.15) is 12.2 Å². The Hall–Kier alpha value is -3.30. The lowest BCUT2D eigenvalue weighted by molar-refractivity contribution is -0.141. The van der Waals surface area contributed by atoms with Crippen molar-refractivity contribution in [2.45, 2.75) is 32.6 Å². The normalized spacial score (nSPS) is 13.8. The van der Waals surface area contributed by atoms with E-state index in [1.54, 1.807) is 6.92 Å². The van der Waals surface area contributed by atoms with Gasteiger partial charge in [-0.2, -0.15) is 0 Å². The number of anilines is 1. The number of thiocarbonyl (C=S) groups is 1. The van der Waals surface area contributed by atoms with Crippen molar-refractivity contribution in [1.29, 1.82) is 0 Å². The topological polar surface area (TPSA) is 83.6 Å². The number of amides is 1. The number of nitrogens with zero attached hydrogens (tertiary/aromatic N) is 2. The van der Waals surface area contributed by atoms with Crippen molar-refractivity contribution in [3.05, 3.63) is 70.2 Å². The average Bonchev–Trinajstić information content (AvgIpc) is 3.39. The lowest BCUT2D eigenvalue weighted by Gasteiger charge is -2.33. The highest BCUT2D eigenvalue weighted by Gasteiger charge is 2.25. The van der Waals surface area contributed by atoms with Crippen LogP contribution in [0.3, 0.4) is 0 Å². The number of aryl methyl sites for hydroxylation is 1. The van der Waals surface area contributed by atoms with Crippen molar-refractivity contribution in [1.82, 2.24) is 15.2 Å². The van der Waals surface area contributed by atoms with Gasteiger partial charge in [0.05, 0.1) is 11.6 Å². The maximum Gasteiger partial charge on any atom is 0.325 e. The molecule has 0 aliphatic carbocycles. The summed E-state index contributed by atoms with van der Waals surface area (Å²) >= 11 is 6.95. The zero-order valence-electron chi connectivity index (χ0n) is 20.5. The van der Waals surface area contributed by atoms with Crippen molar-refractivity contribution < 1.29 is 14.3 Å². The van der Waals surface area contributed by atoms with Gasteiger partial charge < -0.3 is 20.3 Å². The number of piperidine rings is 1. The largest absolute Gasteiger partial charge is 0.465 e. The standard InChI is InChI=1S/C27H30N4O3S2/c1-3-34-24(32)16-28-27(35)31-14-12-20(13-15-31)26-30-23(17-36-26)25(33)29-22-7-5-4-6-21(22)19-10-8-18(2)9-11-19/h4-11,17,20H,3,12-16H2,1-2H3,(H,28,35)(H,29,33). The number of rotatable bonds is 7. The van der Waals surface area contributed by atoms with Crippen LogP contribution in [0.5, 0.6) is 0 Å². The number of hydrogen-bond acceptors (Lipinski definition) is 6. The van der Waals surface area contributed by atoms with Crippen LogP contribution in [0.15, 0.2) is 53.9 Å². The summed E-state index contributed by atoms with van der Waals surface area (Å²) in [5, 5.41) is 9.38. The zero-order chi connectivity index (χ0) is 25.5. The fourth-order valence-electron chi connectivity index (χ4n) is 4.14. The van der Waals surface area contributed by atoms with E-state index in [1.807, 2.05) is 29.6 Å². The molecule has 1 aliphatic rings. The Labute approximate surface area is 220 Å². The molecule has 1 saturated heterocycles. The minimum atomic E-state index is -0.315. The first kappa shape index (κ1) is 25.8. The van der Waals surface area contributed by atoms with Gasteiger partial charge in [0.2, 0.25) is 0 Å². The second-order valence-electron chi connectivity index (χ2n) is 8.66. The number of benzene rings is 2. The molecule has 0 saturated carbocycles. The van der Waals surface area contributed by atoms with Gasteiger partial charge in [0, 0.05) is 35.6 Å². The van der Waals surface area contributed by atoms with Gasteiger partial charge in [0.25, 0.3) is 5.91 Å². The van der Waals surface area contributed by atoms with Crippen molar-refractivity contribution in [2.75, 3.05) is 31.6 Å². The van der Waals surface area contributed by atoms with Crippen LogP contribution in [0.2, 0.25) is 0 Å². The van der Waals surface area contributed by atoms with Gasteiger partial charge in [-0.3, -0.25) is 9.59 Å². The fourth-order valence-corrected chi connectivity index (χ4v) is 5.37. The van der Waals surface area contributed by atoms with Crippen LogP contribution >= 0.6 is 23.6 Å². The third-order valence-corrected chi connectivity index (χ3v) is 7.52. The average molecular weight is 523 g/mol. The number of hydrogen-bond donors (Lipinski definition) is 2. The summed E-state index contributed by atoms with van der Waals surface area (Å²) in [7, 11) is 0. The van der Waals surface area contributed by atoms with Crippen molar-refractivity contribution >= 4 is 46.2 Å². The van der Waals surface area contributed by atoms with Gasteiger partial charge in [-0.15, -0.1) is 11.3 Å². The highest BCUT2D eigenvalue weighted by Crippen LogP contribution is 2.32. The lowest BCUT2D eigenvalue weighted by atomic mass is 9.98. The summed E-state index contributed by atoms with van der Waals surface area (Å²) in [5.74, 6) is -0.246. The molecule has 0 atom stereocenters. The smallest absolute Gasteiger partial charge is 0.325 e. The van der Waals surface area contributed by atoms with E-state index in [0.29, 0.717) is 17.4 Å². The predicted octanol–water partition coefficient (Wildman–Crippen LogP) is 4.99. The summed E-state index contributed by atoms with van der Waals surface area (Å²) in [5.41, 5.74) is 4.41. The number of para-hydroxylation sites is 1. The van der Waals surface area contributed by atoms with Crippen LogP contribution in [0.25, 0.3) is 11.1 Å². The van der Waals surface area contributed by atoms with Crippen LogP contribution in [-0.4, -0.2) is 53.1 Å². The van der Waals surface area contributed by atoms with Crippen LogP contribution < -0.4 is 10.6 Å². The monoisotopic (exact) mass is 522 g/mol. The molecule has 7 nitrogen and oxygen atoms in total. The van der Waals surface area contributed by atoms with Crippen molar-refractivity contribution in [3.63, 3.8) is 0 Å². The Bertz CT molecular complexity index is 1220. The molecule has 0 unspecified atom stereocenters. The third-order valence-electron chi connectivity index (χ3n) is 6.11. The molecular formula is C27H30N4O3S2. The molecule has 3 aromatic rings. The van der Waals surface area contributed by atoms with E-state index >= 15 is 0 Å². The summed E-state index contributed by atoms with van der Waals surface area (Å²) in [6.07, 6.45) is 1.76. The van der Waals surface area contributed by atoms with Crippen LogP contribution in [0, 0.1) is 6.92 Å². The molecule has 188 valence electrons. The third kappa shape index (κ3) is 6.47. The minimum absolute atomic E-state index is 0.0740. The van der Waals surface area contributed by atoms with Gasteiger partial charge in [-0.25, -0.2) is 4.98 Å². The van der Waals surface area contributed by atoms with E-state index < -0.39 is 0 Å². The van der Waals surface area contributed by atoms with E-state index in [0.717, 1.165) is 47.8 Å². The first-order valence-electron chi connectivity index (χ1n) is 12.1. The number of likely N-dealkylation sites (tertiary alicyclic amines) is 1. The quantitative estimate of drug-likeness (QED) is 0.334. The second kappa shape index (κ2) is 12.1. The molecule has 2 heterocycles. The van der Waals surface area contributed by atoms with Crippen molar-refractivity contribution in [3.8, 4) is 11.1 Å². The number of aromatic nitrogens is 1. The maximum absolute atomic E-state index is 13.0. The molecule has 1 aliphatic heterocycles. The Kier molecular flexibility index (Phi) is 8.66. The van der Waals surface area contributed by atoms with Gasteiger partial charge >= 0.3 is 5.97 Å². The van der Waals surface area contributed by atoms with Gasteiger partial charge in [0.15, 0.2) is 5.11 Å². The number of esters is 1. The molecule has 0 bridgehead atoms. The molecule has 2 N–H and O–H groups in total. The minimum Gasteiger partial charge on any atom is -0.465 e. The Balaban J connectivity index is 1.34. The van der Waals surface area contributed by atoms with E-state index in [-0.39, 0.29) is 24.3 Å². The summed E-state index contributed by atoms with van der Waals surface area (Å²) in [6.45, 7) is 5.79. The molecule has 4 rings (SSSR count). The first-order chi connectivity index (χ1) is 17.4. The predicted molar refractivity (Wildman–Crippen MR) is 147 cm³/mol. The van der Waals surface area contributed by atoms with Gasteiger partial charge in [-0.05, 0) is 50.5 Å². The highest BCUT2D eigenvalue weighted by molar-refractivity contribution is 7.80. The molecule has 1 aromatic heterocycles. The van der Waals surface area contributed by atoms with E-state index in [2.05, 4.69) is 51.7 Å². The molecule has 36 heavy (non-hydrogen) atoms. The highest BCUT2D eigenvalue weighted by atomic mass is 32.1. The molecular weight excluding hydrogens is 492 g/mol. The first-order valence-corrected chi connectivity index (χ1v) is 13.3. The summed E-state index contributed by atoms with van der Waals surface area (Å²) in [6, 6.07) is 16.1. The van der Waals surface area contributed by atoms with Crippen LogP contribution in [0.4, 0.5) is 5.69 Å². The van der Waals surface area contributed by atoms with Crippen molar-refractivity contribution in [2.24, 2.45) is 0 Å². The molecule has 0 radical (unpaired) electrons. The maximum atomic E-state index is 13.0. The van der Waals surface area contributed by atoms with E-state index in [1.165, 1.54) is 16.9 Å². The fraction of sp³-hybridized carbons (Fsp3) is 0.333. The Morgan fingerprint density at radius 3 is 2.58 bits per heavy atom. The Morgan fingerprint density at radius 2 is 1.86 bits per heavy atom. The SMILES string of the molecule is CCOC(=O)CNC(=S)N1CCC(c2nc(C(=O)Nc3ccccc3-c3ccc(C)cc3)cs2)CC1. The number of thiazole rings is 1. The number of ether oxygens (including phenoxy) is 1. The molecule has 0 spiro atoms. The molecule has 9 heteroatoms. The van der Waals surface area contributed by atoms with Crippen LogP contribution in [-0.2, 0) is 9.53 Å². The number of carbonyl (C=O) groups is 2. The second-order valence-corrected chi connectivity index (χ2v) is 9.94. The number of carbonyl (C=O) groups excluding carboxylic acids is 2. The Morgan fingerprint density at radius 1 is 1.14 bits per heavy atom. The van der Waals surface area contributed by atoms with Gasteiger partial charge in [-0.1, -0.05) is 48.0 Å². The molecule has 2 aromatic carbocycles. The lowest BCUT2D eigenvalue weighted by Crippen LogP contribution is -2.45. The summed E-state index contributed by atoms with van der Waals surface area (Å²) in [4.78, 5) is 31.3. The number of nitrogens with one attached hydrogen (secondary N) is 2. The summed E-state index contributed by atoms with van der Waals surface area (Å²) < 4.78 is 4.93. The van der Waals surface area contributed by atoms with Crippen LogP contribution in [0.1, 0.15) is 46.7 Å². The molecule has 1 fully saturated rings. The zero-order valence-corrected chi connectivity index (χ0v) is 22.1. The van der Waals surface area contributed by atoms with E-state index in [9.17, 15) is 9.59 Å².